The number of piperidine rings is 1. The van der Waals surface area contributed by atoms with Crippen molar-refractivity contribution in [3.05, 3.63) is 29.8 Å². The summed E-state index contributed by atoms with van der Waals surface area (Å²) in [5.74, 6) is -0.821. The minimum atomic E-state index is -0.962. The number of likely N-dealkylation sites (tertiary alicyclic amines) is 1. The van der Waals surface area contributed by atoms with E-state index in [-0.39, 0.29) is 43.5 Å². The van der Waals surface area contributed by atoms with E-state index in [0.717, 1.165) is 19.3 Å². The molecule has 1 heterocycles. The standard InChI is InChI=1S/C19H26N2O5/c1-13-4-3-5-14(2)21(13)17(22)12-26-16-8-6-15(7-9-16)19(25)20-11-10-18(23)24/h6-9,13-14H,3-5,10-12H2,1-2H3,(H,20,25)(H,23,24). The van der Waals surface area contributed by atoms with E-state index in [2.05, 4.69) is 19.2 Å². The zero-order valence-corrected chi connectivity index (χ0v) is 15.2. The molecule has 1 aromatic rings. The molecule has 1 saturated heterocycles. The first-order valence-electron chi connectivity index (χ1n) is 8.92. The molecule has 0 spiro atoms. The zero-order valence-electron chi connectivity index (χ0n) is 15.2. The normalized spacial score (nSPS) is 19.7. The van der Waals surface area contributed by atoms with E-state index in [1.165, 1.54) is 0 Å². The van der Waals surface area contributed by atoms with E-state index in [0.29, 0.717) is 11.3 Å². The largest absolute Gasteiger partial charge is 0.484 e. The van der Waals surface area contributed by atoms with Crippen LogP contribution in [0.25, 0.3) is 0 Å². The highest BCUT2D eigenvalue weighted by atomic mass is 16.5. The molecule has 2 unspecified atom stereocenters. The molecule has 0 saturated carbocycles. The first-order valence-corrected chi connectivity index (χ1v) is 8.92. The number of rotatable bonds is 7. The number of ether oxygens (including phenoxy) is 1. The molecule has 142 valence electrons. The number of carboxylic acids is 1. The average molecular weight is 362 g/mol. The molecule has 2 amide bonds. The molecule has 1 aromatic carbocycles. The lowest BCUT2D eigenvalue weighted by Crippen LogP contribution is -2.49. The Labute approximate surface area is 153 Å². The summed E-state index contributed by atoms with van der Waals surface area (Å²) in [4.78, 5) is 36.6. The van der Waals surface area contributed by atoms with Crippen LogP contribution >= 0.6 is 0 Å². The van der Waals surface area contributed by atoms with E-state index in [4.69, 9.17) is 9.84 Å². The minimum absolute atomic E-state index is 0.0276. The van der Waals surface area contributed by atoms with Gasteiger partial charge in [-0.05, 0) is 57.4 Å². The SMILES string of the molecule is CC1CCCC(C)N1C(=O)COc1ccc(C(=O)NCCC(=O)O)cc1. The topological polar surface area (TPSA) is 95.9 Å². The fourth-order valence-corrected chi connectivity index (χ4v) is 3.22. The lowest BCUT2D eigenvalue weighted by Gasteiger charge is -2.38. The van der Waals surface area contributed by atoms with Gasteiger partial charge in [-0.15, -0.1) is 0 Å². The van der Waals surface area contributed by atoms with Gasteiger partial charge in [0.2, 0.25) is 0 Å². The van der Waals surface area contributed by atoms with E-state index >= 15 is 0 Å². The van der Waals surface area contributed by atoms with Gasteiger partial charge in [-0.1, -0.05) is 0 Å². The van der Waals surface area contributed by atoms with Gasteiger partial charge in [0.15, 0.2) is 6.61 Å². The number of carbonyl (C=O) groups is 3. The van der Waals surface area contributed by atoms with Crippen molar-refractivity contribution >= 4 is 17.8 Å². The Morgan fingerprint density at radius 1 is 1.15 bits per heavy atom. The van der Waals surface area contributed by atoms with Crippen molar-refractivity contribution in [2.24, 2.45) is 0 Å². The van der Waals surface area contributed by atoms with Crippen LogP contribution in [0.5, 0.6) is 5.75 Å². The van der Waals surface area contributed by atoms with Crippen molar-refractivity contribution in [1.29, 1.82) is 0 Å². The van der Waals surface area contributed by atoms with Crippen LogP contribution < -0.4 is 10.1 Å². The fourth-order valence-electron chi connectivity index (χ4n) is 3.22. The highest BCUT2D eigenvalue weighted by Gasteiger charge is 2.28. The Morgan fingerprint density at radius 2 is 1.77 bits per heavy atom. The van der Waals surface area contributed by atoms with Crippen molar-refractivity contribution in [2.45, 2.75) is 51.6 Å². The number of nitrogens with zero attached hydrogens (tertiary/aromatic N) is 1. The summed E-state index contributed by atoms with van der Waals surface area (Å²) in [6.45, 7) is 4.17. The molecular formula is C19H26N2O5. The van der Waals surface area contributed by atoms with Gasteiger partial charge in [-0.25, -0.2) is 0 Å². The fraction of sp³-hybridized carbons (Fsp3) is 0.526. The number of carbonyl (C=O) groups excluding carboxylic acids is 2. The van der Waals surface area contributed by atoms with Crippen LogP contribution in [0.2, 0.25) is 0 Å². The molecule has 2 atom stereocenters. The molecule has 0 aliphatic carbocycles. The second-order valence-corrected chi connectivity index (χ2v) is 6.64. The van der Waals surface area contributed by atoms with Crippen LogP contribution in [0, 0.1) is 0 Å². The van der Waals surface area contributed by atoms with Gasteiger partial charge in [0.1, 0.15) is 5.75 Å². The number of aliphatic carboxylic acids is 1. The smallest absolute Gasteiger partial charge is 0.305 e. The molecule has 0 radical (unpaired) electrons. The van der Waals surface area contributed by atoms with Gasteiger partial charge >= 0.3 is 5.97 Å². The van der Waals surface area contributed by atoms with Crippen LogP contribution in [-0.2, 0) is 9.59 Å². The van der Waals surface area contributed by atoms with E-state index < -0.39 is 5.97 Å². The predicted molar refractivity (Wildman–Crippen MR) is 96.1 cm³/mol. The summed E-state index contributed by atoms with van der Waals surface area (Å²) in [6, 6.07) is 6.88. The van der Waals surface area contributed by atoms with Gasteiger partial charge in [-0.2, -0.15) is 0 Å². The second-order valence-electron chi connectivity index (χ2n) is 6.64. The van der Waals surface area contributed by atoms with Crippen molar-refractivity contribution < 1.29 is 24.2 Å². The van der Waals surface area contributed by atoms with E-state index in [9.17, 15) is 14.4 Å². The molecule has 1 fully saturated rings. The Kier molecular flexibility index (Phi) is 7.00. The molecule has 7 heteroatoms. The summed E-state index contributed by atoms with van der Waals surface area (Å²) >= 11 is 0. The van der Waals surface area contributed by atoms with Crippen molar-refractivity contribution in [3.8, 4) is 5.75 Å². The first kappa shape index (κ1) is 19.8. The van der Waals surface area contributed by atoms with Crippen molar-refractivity contribution in [1.82, 2.24) is 10.2 Å². The number of nitrogens with one attached hydrogen (secondary N) is 1. The van der Waals surface area contributed by atoms with E-state index in [1.54, 1.807) is 24.3 Å². The van der Waals surface area contributed by atoms with Crippen LogP contribution in [0.3, 0.4) is 0 Å². The summed E-state index contributed by atoms with van der Waals surface area (Å²) in [7, 11) is 0. The quantitative estimate of drug-likeness (QED) is 0.774. The third-order valence-electron chi connectivity index (χ3n) is 4.58. The number of hydrogen-bond acceptors (Lipinski definition) is 4. The second kappa shape index (κ2) is 9.22. The number of amides is 2. The monoisotopic (exact) mass is 362 g/mol. The minimum Gasteiger partial charge on any atom is -0.484 e. The van der Waals surface area contributed by atoms with E-state index in [1.807, 2.05) is 4.90 Å². The molecule has 1 aliphatic heterocycles. The van der Waals surface area contributed by atoms with Crippen LogP contribution in [0.4, 0.5) is 0 Å². The van der Waals surface area contributed by atoms with Crippen molar-refractivity contribution in [2.75, 3.05) is 13.2 Å². The number of carboxylic acid groups (broad SMARTS) is 1. The summed E-state index contributed by atoms with van der Waals surface area (Å²) in [6.07, 6.45) is 3.05. The molecule has 0 bridgehead atoms. The number of hydrogen-bond donors (Lipinski definition) is 2. The van der Waals surface area contributed by atoms with Crippen LogP contribution in [0.1, 0.15) is 49.9 Å². The van der Waals surface area contributed by atoms with Crippen LogP contribution in [0.15, 0.2) is 24.3 Å². The van der Waals surface area contributed by atoms with Gasteiger partial charge in [-0.3, -0.25) is 14.4 Å². The summed E-state index contributed by atoms with van der Waals surface area (Å²) < 4.78 is 5.56. The lowest BCUT2D eigenvalue weighted by atomic mass is 9.97. The molecule has 2 rings (SSSR count). The Bertz CT molecular complexity index is 634. The molecule has 0 aromatic heterocycles. The third kappa shape index (κ3) is 5.47. The molecular weight excluding hydrogens is 336 g/mol. The molecule has 1 aliphatic rings. The highest BCUT2D eigenvalue weighted by molar-refractivity contribution is 5.94. The van der Waals surface area contributed by atoms with Gasteiger partial charge in [0, 0.05) is 24.2 Å². The molecule has 7 nitrogen and oxygen atoms in total. The first-order chi connectivity index (χ1) is 12.4. The average Bonchev–Trinajstić information content (AvgIpc) is 2.60. The highest BCUT2D eigenvalue weighted by Crippen LogP contribution is 2.22. The maximum atomic E-state index is 12.4. The Hall–Kier alpha value is -2.57. The maximum Gasteiger partial charge on any atom is 0.305 e. The Morgan fingerprint density at radius 3 is 2.35 bits per heavy atom. The molecule has 26 heavy (non-hydrogen) atoms. The van der Waals surface area contributed by atoms with Gasteiger partial charge < -0.3 is 20.1 Å². The van der Waals surface area contributed by atoms with Crippen molar-refractivity contribution in [3.63, 3.8) is 0 Å². The van der Waals surface area contributed by atoms with Gasteiger partial charge in [0.05, 0.1) is 6.42 Å². The third-order valence-corrected chi connectivity index (χ3v) is 4.58. The van der Waals surface area contributed by atoms with Gasteiger partial charge in [0.25, 0.3) is 11.8 Å². The Balaban J connectivity index is 1.84. The number of benzene rings is 1. The van der Waals surface area contributed by atoms with Crippen LogP contribution in [-0.4, -0.2) is 53.0 Å². The maximum absolute atomic E-state index is 12.4. The zero-order chi connectivity index (χ0) is 19.1. The molecule has 2 N–H and O–H groups in total. The predicted octanol–water partition coefficient (Wildman–Crippen LogP) is 2.06. The summed E-state index contributed by atoms with van der Waals surface area (Å²) in [5.41, 5.74) is 0.410. The lowest BCUT2D eigenvalue weighted by molar-refractivity contribution is -0.139. The summed E-state index contributed by atoms with van der Waals surface area (Å²) in [5, 5.41) is 11.1.